The fourth-order valence-electron chi connectivity index (χ4n) is 3.13. The van der Waals surface area contributed by atoms with Gasteiger partial charge in [-0.15, -0.1) is 0 Å². The third kappa shape index (κ3) is 4.77. The molecule has 2 N–H and O–H groups in total. The minimum Gasteiger partial charge on any atom is -0.490 e. The van der Waals surface area contributed by atoms with Gasteiger partial charge in [-0.2, -0.15) is 4.98 Å². The molecule has 8 heteroatoms. The fourth-order valence-corrected chi connectivity index (χ4v) is 3.13. The minimum atomic E-state index is -0.913. The van der Waals surface area contributed by atoms with E-state index in [1.807, 2.05) is 57.0 Å². The number of hydrogen-bond donors (Lipinski definition) is 2. The molecule has 0 amide bonds. The Hall–Kier alpha value is -2.97. The number of aliphatic hydroxyl groups is 2. The second-order valence-electron chi connectivity index (χ2n) is 7.38. The highest BCUT2D eigenvalue weighted by Gasteiger charge is 2.16. The zero-order valence-corrected chi connectivity index (χ0v) is 18.0. The van der Waals surface area contributed by atoms with Gasteiger partial charge in [0.25, 0.3) is 5.89 Å². The third-order valence-electron chi connectivity index (χ3n) is 4.83. The van der Waals surface area contributed by atoms with Crippen molar-refractivity contribution < 1.29 is 19.5 Å². The summed E-state index contributed by atoms with van der Waals surface area (Å²) in [4.78, 5) is 11.2. The van der Waals surface area contributed by atoms with Crippen LogP contribution in [0.15, 0.2) is 28.8 Å². The topological polar surface area (TPSA) is 105 Å². The maximum atomic E-state index is 9.52. The van der Waals surface area contributed by atoms with Crippen molar-refractivity contribution >= 4 is 5.82 Å². The molecule has 0 bridgehead atoms. The summed E-state index contributed by atoms with van der Waals surface area (Å²) in [5.74, 6) is 2.44. The minimum absolute atomic E-state index is 0.0276. The lowest BCUT2D eigenvalue weighted by Crippen LogP contribution is -2.21. The number of rotatable bonds is 8. The average molecular weight is 412 g/mol. The number of pyridine rings is 1. The van der Waals surface area contributed by atoms with Crippen molar-refractivity contribution in [3.8, 4) is 28.6 Å². The Balaban J connectivity index is 1.89. The van der Waals surface area contributed by atoms with E-state index in [1.54, 1.807) is 0 Å². The molecule has 0 radical (unpaired) electrons. The highest BCUT2D eigenvalue weighted by atomic mass is 16.5. The third-order valence-corrected chi connectivity index (χ3v) is 4.83. The van der Waals surface area contributed by atoms with E-state index >= 15 is 0 Å². The van der Waals surface area contributed by atoms with Crippen molar-refractivity contribution in [2.45, 2.75) is 33.8 Å². The highest BCUT2D eigenvalue weighted by molar-refractivity contribution is 5.65. The van der Waals surface area contributed by atoms with E-state index in [9.17, 15) is 5.11 Å². The van der Waals surface area contributed by atoms with Crippen molar-refractivity contribution in [3.63, 3.8) is 0 Å². The van der Waals surface area contributed by atoms with E-state index in [-0.39, 0.29) is 13.2 Å². The maximum absolute atomic E-state index is 9.52. The van der Waals surface area contributed by atoms with Crippen molar-refractivity contribution in [1.29, 1.82) is 0 Å². The Labute approximate surface area is 176 Å². The molecule has 1 atom stereocenters. The van der Waals surface area contributed by atoms with Crippen molar-refractivity contribution in [3.05, 3.63) is 41.1 Å². The van der Waals surface area contributed by atoms with Gasteiger partial charge in [-0.25, -0.2) is 4.98 Å². The highest BCUT2D eigenvalue weighted by Crippen LogP contribution is 2.31. The van der Waals surface area contributed by atoms with Crippen LogP contribution < -0.4 is 9.64 Å². The van der Waals surface area contributed by atoms with Gasteiger partial charge in [0, 0.05) is 30.4 Å². The number of aryl methyl sites for hydroxylation is 3. The first kappa shape index (κ1) is 21.7. The van der Waals surface area contributed by atoms with Crippen LogP contribution in [-0.4, -0.2) is 58.2 Å². The molecule has 3 aromatic rings. The van der Waals surface area contributed by atoms with Gasteiger partial charge in [-0.3, -0.25) is 0 Å². The number of aliphatic hydroxyl groups excluding tert-OH is 2. The molecule has 160 valence electrons. The molecule has 0 saturated heterocycles. The molecule has 0 fully saturated rings. The van der Waals surface area contributed by atoms with Crippen LogP contribution in [0.4, 0.5) is 5.82 Å². The van der Waals surface area contributed by atoms with Crippen molar-refractivity contribution in [2.75, 3.05) is 31.7 Å². The van der Waals surface area contributed by atoms with Crippen molar-refractivity contribution in [2.24, 2.45) is 0 Å². The van der Waals surface area contributed by atoms with Crippen LogP contribution in [0.25, 0.3) is 22.8 Å². The number of ether oxygens (including phenoxy) is 1. The number of aromatic nitrogens is 3. The predicted molar refractivity (Wildman–Crippen MR) is 115 cm³/mol. The molecule has 30 heavy (non-hydrogen) atoms. The van der Waals surface area contributed by atoms with Crippen LogP contribution >= 0.6 is 0 Å². The monoisotopic (exact) mass is 412 g/mol. The van der Waals surface area contributed by atoms with E-state index in [4.69, 9.17) is 14.4 Å². The summed E-state index contributed by atoms with van der Waals surface area (Å²) in [6, 6.07) is 7.69. The molecule has 0 saturated carbocycles. The molecular weight excluding hydrogens is 384 g/mol. The summed E-state index contributed by atoms with van der Waals surface area (Å²) in [6.45, 7) is 8.36. The second-order valence-corrected chi connectivity index (χ2v) is 7.38. The Morgan fingerprint density at radius 1 is 1.07 bits per heavy atom. The van der Waals surface area contributed by atoms with Gasteiger partial charge in [0.15, 0.2) is 0 Å². The Morgan fingerprint density at radius 2 is 1.77 bits per heavy atom. The van der Waals surface area contributed by atoms with Crippen molar-refractivity contribution in [1.82, 2.24) is 15.1 Å². The molecule has 0 aliphatic rings. The molecule has 2 heterocycles. The lowest BCUT2D eigenvalue weighted by atomic mass is 10.1. The zero-order chi connectivity index (χ0) is 21.8. The summed E-state index contributed by atoms with van der Waals surface area (Å²) in [6.07, 6.45) is -0.913. The van der Waals surface area contributed by atoms with E-state index in [2.05, 4.69) is 22.0 Å². The number of benzene rings is 1. The standard InChI is InChI=1S/C22H28N4O4/c1-6-26(5)19-10-17(9-15(4)23-19)22-24-21(25-30-22)16-7-13(2)20(14(3)8-16)29-12-18(28)11-27/h7-10,18,27-28H,6,11-12H2,1-5H3. The molecule has 0 aliphatic heterocycles. The van der Waals surface area contributed by atoms with Crippen LogP contribution in [0.3, 0.4) is 0 Å². The summed E-state index contributed by atoms with van der Waals surface area (Å²) >= 11 is 0. The van der Waals surface area contributed by atoms with Gasteiger partial charge in [0.05, 0.1) is 6.61 Å². The predicted octanol–water partition coefficient (Wildman–Crippen LogP) is 2.91. The molecule has 2 aromatic heterocycles. The van der Waals surface area contributed by atoms with E-state index in [0.29, 0.717) is 17.5 Å². The SMILES string of the molecule is CCN(C)c1cc(-c2nc(-c3cc(C)c(OCC(O)CO)c(C)c3)no2)cc(C)n1. The first-order valence-corrected chi connectivity index (χ1v) is 9.89. The van der Waals surface area contributed by atoms with Gasteiger partial charge in [0.2, 0.25) is 5.82 Å². The molecule has 1 aromatic carbocycles. The zero-order valence-electron chi connectivity index (χ0n) is 18.0. The van der Waals surface area contributed by atoms with Crippen LogP contribution in [-0.2, 0) is 0 Å². The lowest BCUT2D eigenvalue weighted by molar-refractivity contribution is 0.0532. The number of hydrogen-bond acceptors (Lipinski definition) is 8. The Kier molecular flexibility index (Phi) is 6.69. The van der Waals surface area contributed by atoms with Crippen LogP contribution in [0.2, 0.25) is 0 Å². The summed E-state index contributed by atoms with van der Waals surface area (Å²) in [5.41, 5.74) is 4.27. The van der Waals surface area contributed by atoms with Gasteiger partial charge < -0.3 is 24.4 Å². The summed E-state index contributed by atoms with van der Waals surface area (Å²) < 4.78 is 11.2. The van der Waals surface area contributed by atoms with Gasteiger partial charge >= 0.3 is 0 Å². The van der Waals surface area contributed by atoms with Crippen LogP contribution in [0, 0.1) is 20.8 Å². The molecule has 8 nitrogen and oxygen atoms in total. The van der Waals surface area contributed by atoms with Gasteiger partial charge in [-0.05, 0) is 63.1 Å². The largest absolute Gasteiger partial charge is 0.490 e. The second kappa shape index (κ2) is 9.23. The molecular formula is C22H28N4O4. The Bertz CT molecular complexity index is 995. The van der Waals surface area contributed by atoms with Crippen LogP contribution in [0.5, 0.6) is 5.75 Å². The molecule has 1 unspecified atom stereocenters. The lowest BCUT2D eigenvalue weighted by Gasteiger charge is -2.16. The van der Waals surface area contributed by atoms with Crippen LogP contribution in [0.1, 0.15) is 23.7 Å². The normalized spacial score (nSPS) is 12.1. The van der Waals surface area contributed by atoms with Gasteiger partial charge in [-0.1, -0.05) is 5.16 Å². The molecule has 3 rings (SSSR count). The fraction of sp³-hybridized carbons (Fsp3) is 0.409. The van der Waals surface area contributed by atoms with E-state index in [1.165, 1.54) is 0 Å². The summed E-state index contributed by atoms with van der Waals surface area (Å²) in [5, 5.41) is 22.6. The summed E-state index contributed by atoms with van der Waals surface area (Å²) in [7, 11) is 1.99. The maximum Gasteiger partial charge on any atom is 0.258 e. The van der Waals surface area contributed by atoms with E-state index in [0.717, 1.165) is 40.3 Å². The molecule has 0 spiro atoms. The number of nitrogens with zero attached hydrogens (tertiary/aromatic N) is 4. The first-order valence-electron chi connectivity index (χ1n) is 9.89. The Morgan fingerprint density at radius 3 is 2.40 bits per heavy atom. The van der Waals surface area contributed by atoms with Gasteiger partial charge in [0.1, 0.15) is 24.3 Å². The quantitative estimate of drug-likeness (QED) is 0.582. The number of anilines is 1. The molecule has 0 aliphatic carbocycles. The first-order chi connectivity index (χ1) is 14.3. The smallest absolute Gasteiger partial charge is 0.258 e. The average Bonchev–Trinajstić information content (AvgIpc) is 3.22. The van der Waals surface area contributed by atoms with E-state index < -0.39 is 6.10 Å².